The van der Waals surface area contributed by atoms with Crippen LogP contribution in [-0.2, 0) is 0 Å². The van der Waals surface area contributed by atoms with Crippen molar-refractivity contribution in [1.29, 1.82) is 5.26 Å². The highest BCUT2D eigenvalue weighted by Gasteiger charge is 2.29. The molecular weight excluding hydrogens is 348 g/mol. The Morgan fingerprint density at radius 2 is 1.86 bits per heavy atom. The van der Waals surface area contributed by atoms with Crippen LogP contribution in [0.4, 0.5) is 0 Å². The lowest BCUT2D eigenvalue weighted by Gasteiger charge is -2.23. The molecule has 4 rings (SSSR count). The van der Waals surface area contributed by atoms with Gasteiger partial charge in [-0.2, -0.15) is 5.26 Å². The highest BCUT2D eigenvalue weighted by atomic mass is 16.1. The quantitative estimate of drug-likeness (QED) is 0.868. The van der Waals surface area contributed by atoms with E-state index in [1.807, 2.05) is 36.4 Å². The summed E-state index contributed by atoms with van der Waals surface area (Å²) in [5, 5.41) is 11.9. The van der Waals surface area contributed by atoms with Gasteiger partial charge in [0, 0.05) is 36.5 Å². The van der Waals surface area contributed by atoms with Gasteiger partial charge >= 0.3 is 0 Å². The predicted molar refractivity (Wildman–Crippen MR) is 109 cm³/mol. The van der Waals surface area contributed by atoms with Crippen molar-refractivity contribution in [2.75, 3.05) is 19.6 Å². The highest BCUT2D eigenvalue weighted by molar-refractivity contribution is 5.94. The minimum absolute atomic E-state index is 0.0104. The molecule has 0 bridgehead atoms. The molecular formula is C23H26N4O. The van der Waals surface area contributed by atoms with Gasteiger partial charge in [0.25, 0.3) is 5.91 Å². The molecule has 1 saturated carbocycles. The molecule has 0 spiro atoms. The number of hydrogen-bond donors (Lipinski definition) is 1. The van der Waals surface area contributed by atoms with Crippen LogP contribution in [0.5, 0.6) is 0 Å². The lowest BCUT2D eigenvalue weighted by Crippen LogP contribution is -2.34. The predicted octanol–water partition coefficient (Wildman–Crippen LogP) is 3.61. The summed E-state index contributed by atoms with van der Waals surface area (Å²) in [7, 11) is 0. The SMILES string of the molecule is N#Cc1ccc(-c2ccc(C(=O)NCC3CCN(C4CCCC4)C3)cc2)cn1. The number of nitrogens with one attached hydrogen (secondary N) is 1. The van der Waals surface area contributed by atoms with Crippen LogP contribution in [0.1, 0.15) is 48.2 Å². The summed E-state index contributed by atoms with van der Waals surface area (Å²) in [6, 6.07) is 13.9. The number of amides is 1. The van der Waals surface area contributed by atoms with E-state index in [1.165, 1.54) is 38.6 Å². The Kier molecular flexibility index (Phi) is 5.68. The van der Waals surface area contributed by atoms with Crippen molar-refractivity contribution < 1.29 is 4.79 Å². The largest absolute Gasteiger partial charge is 0.352 e. The second-order valence-electron chi connectivity index (χ2n) is 7.92. The Bertz CT molecular complexity index is 848. The molecule has 2 aliphatic rings. The standard InChI is InChI=1S/C23H26N4O/c24-13-21-10-9-20(15-25-21)18-5-7-19(8-6-18)23(28)26-14-17-11-12-27(16-17)22-3-1-2-4-22/h5-10,15,17,22H,1-4,11-12,14,16H2,(H,26,28). The lowest BCUT2D eigenvalue weighted by atomic mass is 10.0. The molecule has 1 aromatic heterocycles. The van der Waals surface area contributed by atoms with E-state index in [2.05, 4.69) is 15.2 Å². The summed E-state index contributed by atoms with van der Waals surface area (Å²) in [5.41, 5.74) is 3.00. The Morgan fingerprint density at radius 1 is 1.11 bits per heavy atom. The molecule has 5 nitrogen and oxygen atoms in total. The van der Waals surface area contributed by atoms with Gasteiger partial charge in [-0.1, -0.05) is 25.0 Å². The lowest BCUT2D eigenvalue weighted by molar-refractivity contribution is 0.0947. The maximum atomic E-state index is 12.5. The molecule has 2 aromatic rings. The van der Waals surface area contributed by atoms with Crippen LogP contribution < -0.4 is 5.32 Å². The molecule has 1 aliphatic carbocycles. The molecule has 2 fully saturated rings. The number of nitrogens with zero attached hydrogens (tertiary/aromatic N) is 3. The zero-order chi connectivity index (χ0) is 19.3. The fourth-order valence-corrected chi connectivity index (χ4v) is 4.41. The van der Waals surface area contributed by atoms with Gasteiger partial charge < -0.3 is 10.2 Å². The highest BCUT2D eigenvalue weighted by Crippen LogP contribution is 2.28. The first kappa shape index (κ1) is 18.6. The summed E-state index contributed by atoms with van der Waals surface area (Å²) in [4.78, 5) is 19.2. The monoisotopic (exact) mass is 374 g/mol. The first-order chi connectivity index (χ1) is 13.7. The van der Waals surface area contributed by atoms with Crippen LogP contribution in [0.3, 0.4) is 0 Å². The van der Waals surface area contributed by atoms with E-state index in [9.17, 15) is 4.79 Å². The number of likely N-dealkylation sites (tertiary alicyclic amines) is 1. The fourth-order valence-electron chi connectivity index (χ4n) is 4.41. The van der Waals surface area contributed by atoms with Crippen molar-refractivity contribution in [3.63, 3.8) is 0 Å². The van der Waals surface area contributed by atoms with E-state index >= 15 is 0 Å². The van der Waals surface area contributed by atoms with Crippen molar-refractivity contribution in [1.82, 2.24) is 15.2 Å². The molecule has 1 aromatic carbocycles. The number of aromatic nitrogens is 1. The van der Waals surface area contributed by atoms with Crippen LogP contribution in [0.25, 0.3) is 11.1 Å². The van der Waals surface area contributed by atoms with Gasteiger partial charge in [-0.15, -0.1) is 0 Å². The molecule has 1 unspecified atom stereocenters. The molecule has 28 heavy (non-hydrogen) atoms. The van der Waals surface area contributed by atoms with Crippen LogP contribution in [0.15, 0.2) is 42.6 Å². The summed E-state index contributed by atoms with van der Waals surface area (Å²) < 4.78 is 0. The molecule has 1 N–H and O–H groups in total. The Labute approximate surface area is 166 Å². The van der Waals surface area contributed by atoms with E-state index in [0.29, 0.717) is 17.2 Å². The fraction of sp³-hybridized carbons (Fsp3) is 0.435. The zero-order valence-electron chi connectivity index (χ0n) is 16.1. The number of nitriles is 1. The van der Waals surface area contributed by atoms with Gasteiger partial charge in [0.15, 0.2) is 0 Å². The number of hydrogen-bond acceptors (Lipinski definition) is 4. The second kappa shape index (κ2) is 8.53. The number of rotatable bonds is 5. The normalized spacial score (nSPS) is 20.2. The van der Waals surface area contributed by atoms with Gasteiger partial charge in [-0.3, -0.25) is 4.79 Å². The molecule has 1 amide bonds. The molecule has 1 atom stereocenters. The first-order valence-electron chi connectivity index (χ1n) is 10.2. The molecule has 144 valence electrons. The minimum atomic E-state index is -0.0104. The van der Waals surface area contributed by atoms with E-state index < -0.39 is 0 Å². The van der Waals surface area contributed by atoms with Gasteiger partial charge in [-0.25, -0.2) is 4.98 Å². The summed E-state index contributed by atoms with van der Waals surface area (Å²) in [6.07, 6.45) is 8.31. The van der Waals surface area contributed by atoms with Gasteiger partial charge in [0.05, 0.1) is 0 Å². The summed E-state index contributed by atoms with van der Waals surface area (Å²) >= 11 is 0. The topological polar surface area (TPSA) is 69.0 Å². The molecule has 1 aliphatic heterocycles. The minimum Gasteiger partial charge on any atom is -0.352 e. The van der Waals surface area contributed by atoms with Crippen molar-refractivity contribution in [2.24, 2.45) is 5.92 Å². The third-order valence-corrected chi connectivity index (χ3v) is 6.07. The van der Waals surface area contributed by atoms with Crippen molar-refractivity contribution in [2.45, 2.75) is 38.1 Å². The smallest absolute Gasteiger partial charge is 0.251 e. The van der Waals surface area contributed by atoms with E-state index in [4.69, 9.17) is 5.26 Å². The van der Waals surface area contributed by atoms with Crippen LogP contribution in [-0.4, -0.2) is 41.5 Å². The van der Waals surface area contributed by atoms with E-state index in [1.54, 1.807) is 12.3 Å². The molecule has 2 heterocycles. The Balaban J connectivity index is 1.29. The second-order valence-corrected chi connectivity index (χ2v) is 7.92. The van der Waals surface area contributed by atoms with Gasteiger partial charge in [-0.05, 0) is 61.6 Å². The summed E-state index contributed by atoms with van der Waals surface area (Å²) in [6.45, 7) is 3.05. The number of pyridine rings is 1. The Morgan fingerprint density at radius 3 is 2.54 bits per heavy atom. The van der Waals surface area contributed by atoms with Crippen molar-refractivity contribution in [3.05, 3.63) is 53.9 Å². The third-order valence-electron chi connectivity index (χ3n) is 6.07. The molecule has 1 saturated heterocycles. The van der Waals surface area contributed by atoms with Crippen LogP contribution in [0, 0.1) is 17.2 Å². The molecule has 0 radical (unpaired) electrons. The average molecular weight is 374 g/mol. The maximum Gasteiger partial charge on any atom is 0.251 e. The maximum absolute atomic E-state index is 12.5. The third kappa shape index (κ3) is 4.23. The number of benzene rings is 1. The van der Waals surface area contributed by atoms with Gasteiger partial charge in [0.1, 0.15) is 11.8 Å². The van der Waals surface area contributed by atoms with Crippen LogP contribution >= 0.6 is 0 Å². The van der Waals surface area contributed by atoms with E-state index in [0.717, 1.165) is 30.3 Å². The van der Waals surface area contributed by atoms with Crippen molar-refractivity contribution in [3.8, 4) is 17.2 Å². The first-order valence-corrected chi connectivity index (χ1v) is 10.2. The summed E-state index contributed by atoms with van der Waals surface area (Å²) in [5.74, 6) is 0.553. The number of carbonyl (C=O) groups is 1. The van der Waals surface area contributed by atoms with Crippen LogP contribution in [0.2, 0.25) is 0 Å². The van der Waals surface area contributed by atoms with Crippen molar-refractivity contribution >= 4 is 5.91 Å². The zero-order valence-corrected chi connectivity index (χ0v) is 16.1. The average Bonchev–Trinajstić information content (AvgIpc) is 3.44. The van der Waals surface area contributed by atoms with E-state index in [-0.39, 0.29) is 5.91 Å². The number of carbonyl (C=O) groups excluding carboxylic acids is 1. The molecule has 5 heteroatoms. The van der Waals surface area contributed by atoms with Gasteiger partial charge in [0.2, 0.25) is 0 Å². The Hall–Kier alpha value is -2.71.